The summed E-state index contributed by atoms with van der Waals surface area (Å²) in [4.78, 5) is 0. The van der Waals surface area contributed by atoms with Gasteiger partial charge in [-0.15, -0.1) is 10.2 Å². The third-order valence-corrected chi connectivity index (χ3v) is 4.26. The van der Waals surface area contributed by atoms with Gasteiger partial charge in [0.05, 0.1) is 18.4 Å². The zero-order chi connectivity index (χ0) is 15.5. The Labute approximate surface area is 132 Å². The summed E-state index contributed by atoms with van der Waals surface area (Å²) in [5.41, 5.74) is 1.81. The van der Waals surface area contributed by atoms with Crippen LogP contribution < -0.4 is 4.74 Å². The topological polar surface area (TPSA) is 66.0 Å². The van der Waals surface area contributed by atoms with Crippen LogP contribution in [0.4, 0.5) is 0 Å². The molecule has 0 unspecified atom stereocenters. The number of benzene rings is 1. The molecule has 22 heavy (non-hydrogen) atoms. The van der Waals surface area contributed by atoms with Gasteiger partial charge < -0.3 is 13.8 Å². The first-order valence-corrected chi connectivity index (χ1v) is 7.75. The maximum Gasteiger partial charge on any atom is 0.191 e. The van der Waals surface area contributed by atoms with E-state index in [2.05, 4.69) is 15.4 Å². The van der Waals surface area contributed by atoms with E-state index < -0.39 is 0 Å². The highest BCUT2D eigenvalue weighted by atomic mass is 32.2. The van der Waals surface area contributed by atoms with E-state index in [9.17, 15) is 0 Å². The zero-order valence-corrected chi connectivity index (χ0v) is 13.4. The summed E-state index contributed by atoms with van der Waals surface area (Å²) in [6.45, 7) is 1.88. The van der Waals surface area contributed by atoms with Crippen LogP contribution in [0, 0.1) is 6.92 Å². The molecule has 0 spiro atoms. The van der Waals surface area contributed by atoms with Crippen molar-refractivity contribution in [3.8, 4) is 17.1 Å². The van der Waals surface area contributed by atoms with E-state index in [0.29, 0.717) is 5.75 Å². The maximum atomic E-state index is 5.39. The molecule has 0 fully saturated rings. The Balaban J connectivity index is 1.82. The minimum atomic E-state index is 0.690. The van der Waals surface area contributed by atoms with E-state index in [1.807, 2.05) is 48.9 Å². The van der Waals surface area contributed by atoms with Gasteiger partial charge in [-0.1, -0.05) is 29.1 Å². The molecule has 0 aliphatic heterocycles. The van der Waals surface area contributed by atoms with Gasteiger partial charge in [-0.25, -0.2) is 0 Å². The zero-order valence-electron chi connectivity index (χ0n) is 12.6. The summed E-state index contributed by atoms with van der Waals surface area (Å²) in [6.07, 6.45) is 0. The summed E-state index contributed by atoms with van der Waals surface area (Å²) >= 11 is 1.57. The van der Waals surface area contributed by atoms with Crippen LogP contribution in [0.2, 0.25) is 0 Å². The first-order chi connectivity index (χ1) is 10.7. The van der Waals surface area contributed by atoms with E-state index >= 15 is 0 Å². The third kappa shape index (κ3) is 2.85. The van der Waals surface area contributed by atoms with Gasteiger partial charge in [0, 0.05) is 18.9 Å². The molecule has 1 aromatic carbocycles. The molecule has 0 saturated heterocycles. The average Bonchev–Trinajstić information content (AvgIpc) is 3.11. The molecule has 0 N–H and O–H groups in total. The molecule has 0 aliphatic carbocycles. The van der Waals surface area contributed by atoms with Crippen LogP contribution in [0.1, 0.15) is 11.5 Å². The smallest absolute Gasteiger partial charge is 0.191 e. The first-order valence-electron chi connectivity index (χ1n) is 6.77. The van der Waals surface area contributed by atoms with Gasteiger partial charge in [-0.3, -0.25) is 0 Å². The largest absolute Gasteiger partial charge is 0.496 e. The number of methoxy groups -OCH3 is 1. The van der Waals surface area contributed by atoms with Crippen LogP contribution in [0.25, 0.3) is 11.4 Å². The molecular formula is C15H16N4O2S. The Morgan fingerprint density at radius 2 is 2.09 bits per heavy atom. The molecule has 2 heterocycles. The molecule has 2 aromatic heterocycles. The molecule has 6 nitrogen and oxygen atoms in total. The van der Waals surface area contributed by atoms with E-state index in [-0.39, 0.29) is 0 Å². The SMILES string of the molecule is COc1ccccc1-c1nnc(SCc2cc(C)on2)n1C. The first kappa shape index (κ1) is 14.6. The highest BCUT2D eigenvalue weighted by molar-refractivity contribution is 7.98. The van der Waals surface area contributed by atoms with Crippen molar-refractivity contribution in [2.45, 2.75) is 17.8 Å². The summed E-state index contributed by atoms with van der Waals surface area (Å²) in [6, 6.07) is 9.69. The lowest BCUT2D eigenvalue weighted by molar-refractivity contribution is 0.393. The second-order valence-electron chi connectivity index (χ2n) is 4.78. The summed E-state index contributed by atoms with van der Waals surface area (Å²) < 4.78 is 12.4. The fraction of sp³-hybridized carbons (Fsp3) is 0.267. The predicted octanol–water partition coefficient (Wildman–Crippen LogP) is 3.08. The Morgan fingerprint density at radius 3 is 2.82 bits per heavy atom. The molecule has 0 amide bonds. The molecule has 0 aliphatic rings. The van der Waals surface area contributed by atoms with Crippen molar-refractivity contribution in [3.63, 3.8) is 0 Å². The molecular weight excluding hydrogens is 300 g/mol. The van der Waals surface area contributed by atoms with Crippen molar-refractivity contribution in [2.24, 2.45) is 7.05 Å². The number of hydrogen-bond acceptors (Lipinski definition) is 6. The number of thioether (sulfide) groups is 1. The Morgan fingerprint density at radius 1 is 1.27 bits per heavy atom. The van der Waals surface area contributed by atoms with Crippen molar-refractivity contribution >= 4 is 11.8 Å². The normalized spacial score (nSPS) is 10.9. The van der Waals surface area contributed by atoms with Crippen molar-refractivity contribution in [1.29, 1.82) is 0 Å². The number of nitrogens with zero attached hydrogens (tertiary/aromatic N) is 4. The molecule has 0 atom stereocenters. The highest BCUT2D eigenvalue weighted by Gasteiger charge is 2.15. The fourth-order valence-electron chi connectivity index (χ4n) is 2.13. The number of para-hydroxylation sites is 1. The van der Waals surface area contributed by atoms with Gasteiger partial charge >= 0.3 is 0 Å². The quantitative estimate of drug-likeness (QED) is 0.674. The van der Waals surface area contributed by atoms with Crippen LogP contribution in [-0.2, 0) is 12.8 Å². The number of rotatable bonds is 5. The van der Waals surface area contributed by atoms with E-state index in [0.717, 1.165) is 33.7 Å². The summed E-state index contributed by atoms with van der Waals surface area (Å²) in [7, 11) is 3.59. The van der Waals surface area contributed by atoms with Gasteiger partial charge in [0.15, 0.2) is 11.0 Å². The molecule has 3 rings (SSSR count). The molecule has 114 valence electrons. The molecule has 0 bridgehead atoms. The number of hydrogen-bond donors (Lipinski definition) is 0. The van der Waals surface area contributed by atoms with Crippen molar-refractivity contribution in [2.75, 3.05) is 7.11 Å². The minimum absolute atomic E-state index is 0.690. The second-order valence-corrected chi connectivity index (χ2v) is 5.73. The van der Waals surface area contributed by atoms with Crippen LogP contribution in [0.5, 0.6) is 5.75 Å². The predicted molar refractivity (Wildman–Crippen MR) is 83.8 cm³/mol. The Hall–Kier alpha value is -2.28. The molecule has 3 aromatic rings. The van der Waals surface area contributed by atoms with Gasteiger partial charge in [-0.2, -0.15) is 0 Å². The lowest BCUT2D eigenvalue weighted by Gasteiger charge is -2.07. The standard InChI is InChI=1S/C15H16N4O2S/c1-10-8-11(18-21-10)9-22-15-17-16-14(19(15)2)12-6-4-5-7-13(12)20-3/h4-8H,9H2,1-3H3. The Bertz CT molecular complexity index is 781. The van der Waals surface area contributed by atoms with Gasteiger partial charge in [0.1, 0.15) is 11.5 Å². The van der Waals surface area contributed by atoms with E-state index in [1.165, 1.54) is 0 Å². The molecule has 0 radical (unpaired) electrons. The summed E-state index contributed by atoms with van der Waals surface area (Å²) in [5.74, 6) is 3.05. The van der Waals surface area contributed by atoms with E-state index in [4.69, 9.17) is 9.26 Å². The van der Waals surface area contributed by atoms with E-state index in [1.54, 1.807) is 18.9 Å². The number of aromatic nitrogens is 4. The highest BCUT2D eigenvalue weighted by Crippen LogP contribution is 2.30. The average molecular weight is 316 g/mol. The van der Waals surface area contributed by atoms with Gasteiger partial charge in [0.25, 0.3) is 0 Å². The lowest BCUT2D eigenvalue weighted by atomic mass is 10.2. The van der Waals surface area contributed by atoms with Crippen LogP contribution >= 0.6 is 11.8 Å². The molecule has 7 heteroatoms. The van der Waals surface area contributed by atoms with Gasteiger partial charge in [0.2, 0.25) is 0 Å². The maximum absolute atomic E-state index is 5.39. The van der Waals surface area contributed by atoms with Crippen molar-refractivity contribution < 1.29 is 9.26 Å². The fourth-order valence-corrected chi connectivity index (χ4v) is 2.92. The third-order valence-electron chi connectivity index (χ3n) is 3.21. The Kier molecular flexibility index (Phi) is 4.15. The molecule has 0 saturated carbocycles. The van der Waals surface area contributed by atoms with Crippen LogP contribution in [0.3, 0.4) is 0 Å². The van der Waals surface area contributed by atoms with Gasteiger partial charge in [-0.05, 0) is 19.1 Å². The lowest BCUT2D eigenvalue weighted by Crippen LogP contribution is -1.97. The van der Waals surface area contributed by atoms with Crippen molar-refractivity contribution in [3.05, 3.63) is 41.8 Å². The van der Waals surface area contributed by atoms with Crippen LogP contribution in [0.15, 0.2) is 40.0 Å². The summed E-state index contributed by atoms with van der Waals surface area (Å²) in [5, 5.41) is 13.3. The monoisotopic (exact) mass is 316 g/mol. The van der Waals surface area contributed by atoms with Crippen LogP contribution in [-0.4, -0.2) is 27.0 Å². The minimum Gasteiger partial charge on any atom is -0.496 e. The number of aryl methyl sites for hydroxylation is 1. The van der Waals surface area contributed by atoms with Crippen molar-refractivity contribution in [1.82, 2.24) is 19.9 Å². The second kappa shape index (κ2) is 6.23. The number of ether oxygens (including phenoxy) is 1.